The van der Waals surface area contributed by atoms with Gasteiger partial charge in [-0.05, 0) is 31.0 Å². The molecule has 134 valence electrons. The number of hydrogen-bond donors (Lipinski definition) is 0. The van der Waals surface area contributed by atoms with E-state index >= 15 is 0 Å². The zero-order valence-electron chi connectivity index (χ0n) is 15.0. The zero-order chi connectivity index (χ0) is 17.3. The number of anilines is 1. The second-order valence-corrected chi connectivity index (χ2v) is 7.30. The van der Waals surface area contributed by atoms with E-state index in [4.69, 9.17) is 0 Å². The summed E-state index contributed by atoms with van der Waals surface area (Å²) in [6.07, 6.45) is 9.30. The Balaban J connectivity index is 1.25. The van der Waals surface area contributed by atoms with Crippen molar-refractivity contribution in [2.75, 3.05) is 31.1 Å². The van der Waals surface area contributed by atoms with Crippen molar-refractivity contribution < 1.29 is 0 Å². The first kappa shape index (κ1) is 15.8. The summed E-state index contributed by atoms with van der Waals surface area (Å²) >= 11 is 0. The molecule has 2 aliphatic rings. The van der Waals surface area contributed by atoms with Gasteiger partial charge in [0.15, 0.2) is 0 Å². The molecule has 0 unspecified atom stereocenters. The SMILES string of the molecule is c1ncc2cc(N3CCN(Cc4cnc5n4CCCC5)CC3)ccc2n1. The normalized spacial score (nSPS) is 18.2. The fourth-order valence-corrected chi connectivity index (χ4v) is 4.17. The van der Waals surface area contributed by atoms with Gasteiger partial charge in [-0.1, -0.05) is 0 Å². The topological polar surface area (TPSA) is 50.1 Å². The molecule has 2 aromatic heterocycles. The third-order valence-corrected chi connectivity index (χ3v) is 5.66. The maximum absolute atomic E-state index is 4.63. The molecule has 0 bridgehead atoms. The number of aromatic nitrogens is 4. The molecule has 1 saturated heterocycles. The van der Waals surface area contributed by atoms with E-state index in [2.05, 4.69) is 53.7 Å². The Morgan fingerprint density at radius 1 is 0.923 bits per heavy atom. The van der Waals surface area contributed by atoms with Crippen molar-refractivity contribution in [3.8, 4) is 0 Å². The van der Waals surface area contributed by atoms with Crippen LogP contribution in [0.25, 0.3) is 10.9 Å². The van der Waals surface area contributed by atoms with Gasteiger partial charge in [0.1, 0.15) is 12.2 Å². The summed E-state index contributed by atoms with van der Waals surface area (Å²) in [5.41, 5.74) is 3.66. The van der Waals surface area contributed by atoms with Crippen LogP contribution in [0.3, 0.4) is 0 Å². The Hall–Kier alpha value is -2.47. The van der Waals surface area contributed by atoms with Crippen LogP contribution in [0.4, 0.5) is 5.69 Å². The van der Waals surface area contributed by atoms with Crippen molar-refractivity contribution in [2.45, 2.75) is 32.4 Å². The number of fused-ring (bicyclic) bond motifs is 2. The molecule has 26 heavy (non-hydrogen) atoms. The predicted molar refractivity (Wildman–Crippen MR) is 102 cm³/mol. The van der Waals surface area contributed by atoms with Crippen LogP contribution in [-0.2, 0) is 19.5 Å². The number of nitrogens with zero attached hydrogens (tertiary/aromatic N) is 6. The number of aryl methyl sites for hydroxylation is 1. The molecule has 5 rings (SSSR count). The first-order valence-corrected chi connectivity index (χ1v) is 9.57. The van der Waals surface area contributed by atoms with Gasteiger partial charge in [0, 0.05) is 69.2 Å². The summed E-state index contributed by atoms with van der Waals surface area (Å²) in [6.45, 7) is 6.45. The van der Waals surface area contributed by atoms with Gasteiger partial charge < -0.3 is 9.47 Å². The third-order valence-electron chi connectivity index (χ3n) is 5.66. The summed E-state index contributed by atoms with van der Waals surface area (Å²) < 4.78 is 2.44. The maximum Gasteiger partial charge on any atom is 0.116 e. The number of rotatable bonds is 3. The van der Waals surface area contributed by atoms with Gasteiger partial charge in [-0.3, -0.25) is 4.90 Å². The van der Waals surface area contributed by atoms with Gasteiger partial charge in [-0.25, -0.2) is 15.0 Å². The highest BCUT2D eigenvalue weighted by Crippen LogP contribution is 2.23. The number of imidazole rings is 1. The zero-order valence-corrected chi connectivity index (χ0v) is 15.0. The monoisotopic (exact) mass is 348 g/mol. The Labute approximate surface area is 153 Å². The van der Waals surface area contributed by atoms with E-state index in [9.17, 15) is 0 Å². The minimum atomic E-state index is 1.01. The van der Waals surface area contributed by atoms with Crippen LogP contribution in [0.5, 0.6) is 0 Å². The molecule has 0 aliphatic carbocycles. The first-order chi connectivity index (χ1) is 12.9. The van der Waals surface area contributed by atoms with Crippen molar-refractivity contribution in [3.05, 3.63) is 48.4 Å². The van der Waals surface area contributed by atoms with Crippen molar-refractivity contribution in [2.24, 2.45) is 0 Å². The van der Waals surface area contributed by atoms with E-state index in [0.717, 1.165) is 56.6 Å². The Bertz CT molecular complexity index is 910. The van der Waals surface area contributed by atoms with Crippen LogP contribution in [0.2, 0.25) is 0 Å². The molecule has 2 aliphatic heterocycles. The predicted octanol–water partition coefficient (Wildman–Crippen LogP) is 2.48. The van der Waals surface area contributed by atoms with Crippen LogP contribution in [-0.4, -0.2) is 50.6 Å². The van der Waals surface area contributed by atoms with Gasteiger partial charge in [-0.2, -0.15) is 0 Å². The quantitative estimate of drug-likeness (QED) is 0.728. The molecule has 0 saturated carbocycles. The lowest BCUT2D eigenvalue weighted by atomic mass is 10.1. The average Bonchev–Trinajstić information content (AvgIpc) is 3.11. The van der Waals surface area contributed by atoms with Crippen molar-refractivity contribution in [3.63, 3.8) is 0 Å². The van der Waals surface area contributed by atoms with Crippen molar-refractivity contribution >= 4 is 16.6 Å². The fraction of sp³-hybridized carbons (Fsp3) is 0.450. The summed E-state index contributed by atoms with van der Waals surface area (Å²) in [5.74, 6) is 1.28. The molecular weight excluding hydrogens is 324 g/mol. The molecule has 6 nitrogen and oxygen atoms in total. The summed E-state index contributed by atoms with van der Waals surface area (Å²) in [6, 6.07) is 6.48. The van der Waals surface area contributed by atoms with Gasteiger partial charge in [-0.15, -0.1) is 0 Å². The molecular formula is C20H24N6. The number of piperazine rings is 1. The second-order valence-electron chi connectivity index (χ2n) is 7.30. The lowest BCUT2D eigenvalue weighted by Gasteiger charge is -2.36. The Morgan fingerprint density at radius 2 is 1.85 bits per heavy atom. The molecule has 6 heteroatoms. The largest absolute Gasteiger partial charge is 0.369 e. The molecule has 3 aromatic rings. The Kier molecular flexibility index (Phi) is 4.05. The average molecular weight is 348 g/mol. The van der Waals surface area contributed by atoms with Gasteiger partial charge >= 0.3 is 0 Å². The van der Waals surface area contributed by atoms with E-state index < -0.39 is 0 Å². The highest BCUT2D eigenvalue weighted by molar-refractivity contribution is 5.81. The highest BCUT2D eigenvalue weighted by atomic mass is 15.3. The molecule has 0 N–H and O–H groups in total. The van der Waals surface area contributed by atoms with Crippen molar-refractivity contribution in [1.82, 2.24) is 24.4 Å². The van der Waals surface area contributed by atoms with E-state index in [0.29, 0.717) is 0 Å². The van der Waals surface area contributed by atoms with E-state index in [1.807, 2.05) is 6.20 Å². The molecule has 0 radical (unpaired) electrons. The summed E-state index contributed by atoms with van der Waals surface area (Å²) in [7, 11) is 0. The minimum Gasteiger partial charge on any atom is -0.369 e. The fourth-order valence-electron chi connectivity index (χ4n) is 4.17. The highest BCUT2D eigenvalue weighted by Gasteiger charge is 2.20. The summed E-state index contributed by atoms with van der Waals surface area (Å²) in [4.78, 5) is 18.1. The van der Waals surface area contributed by atoms with Gasteiger partial charge in [0.05, 0.1) is 11.2 Å². The van der Waals surface area contributed by atoms with Crippen LogP contribution >= 0.6 is 0 Å². The second kappa shape index (κ2) is 6.68. The van der Waals surface area contributed by atoms with E-state index in [1.54, 1.807) is 6.33 Å². The van der Waals surface area contributed by atoms with E-state index in [-0.39, 0.29) is 0 Å². The lowest BCUT2D eigenvalue weighted by molar-refractivity contribution is 0.242. The molecule has 0 spiro atoms. The smallest absolute Gasteiger partial charge is 0.116 e. The molecule has 4 heterocycles. The molecule has 1 aromatic carbocycles. The third kappa shape index (κ3) is 2.94. The molecule has 0 amide bonds. The lowest BCUT2D eigenvalue weighted by Crippen LogP contribution is -2.46. The van der Waals surface area contributed by atoms with Crippen LogP contribution in [0, 0.1) is 0 Å². The van der Waals surface area contributed by atoms with Gasteiger partial charge in [0.2, 0.25) is 0 Å². The van der Waals surface area contributed by atoms with Crippen molar-refractivity contribution in [1.29, 1.82) is 0 Å². The van der Waals surface area contributed by atoms with Crippen LogP contribution in [0.1, 0.15) is 24.4 Å². The van der Waals surface area contributed by atoms with Crippen LogP contribution in [0.15, 0.2) is 36.9 Å². The summed E-state index contributed by atoms with van der Waals surface area (Å²) in [5, 5.41) is 1.11. The number of hydrogen-bond acceptors (Lipinski definition) is 5. The molecule has 0 atom stereocenters. The van der Waals surface area contributed by atoms with Crippen LogP contribution < -0.4 is 4.90 Å². The Morgan fingerprint density at radius 3 is 2.77 bits per heavy atom. The molecule has 1 fully saturated rings. The minimum absolute atomic E-state index is 1.01. The number of benzene rings is 1. The van der Waals surface area contributed by atoms with E-state index in [1.165, 1.54) is 30.0 Å². The standard InChI is InChI=1S/C20H24N6/c1-2-6-26-18(13-22-20(26)3-1)14-24-7-9-25(10-8-24)17-4-5-19-16(11-17)12-21-15-23-19/h4-5,11-13,15H,1-3,6-10,14H2. The van der Waals surface area contributed by atoms with Gasteiger partial charge in [0.25, 0.3) is 0 Å². The first-order valence-electron chi connectivity index (χ1n) is 9.57. The maximum atomic E-state index is 4.63.